The van der Waals surface area contributed by atoms with E-state index < -0.39 is 11.8 Å². The van der Waals surface area contributed by atoms with Crippen LogP contribution in [-0.4, -0.2) is 43.3 Å². The lowest BCUT2D eigenvalue weighted by molar-refractivity contribution is -0.136. The number of aliphatic hydroxyl groups excluding tert-OH is 1. The lowest BCUT2D eigenvalue weighted by Gasteiger charge is -2.09. The minimum atomic E-state index is -0.766. The van der Waals surface area contributed by atoms with E-state index in [0.29, 0.717) is 10.7 Å². The molecule has 1 aromatic rings. The number of ether oxygens (including phenoxy) is 1. The summed E-state index contributed by atoms with van der Waals surface area (Å²) in [6.45, 7) is 2.34. The van der Waals surface area contributed by atoms with Crippen molar-refractivity contribution in [3.8, 4) is 0 Å². The van der Waals surface area contributed by atoms with Gasteiger partial charge in [-0.15, -0.1) is 0 Å². The molecule has 0 unspecified atom stereocenters. The highest BCUT2D eigenvalue weighted by Crippen LogP contribution is 2.19. The Balaban J connectivity index is 2.41. The van der Waals surface area contributed by atoms with E-state index in [9.17, 15) is 9.59 Å². The fraction of sp³-hybridized carbons (Fsp3) is 0.385. The van der Waals surface area contributed by atoms with Crippen LogP contribution in [0.25, 0.3) is 0 Å². The number of hydrogen-bond acceptors (Lipinski definition) is 4. The van der Waals surface area contributed by atoms with Gasteiger partial charge >= 0.3 is 11.8 Å². The van der Waals surface area contributed by atoms with E-state index in [-0.39, 0.29) is 26.4 Å². The first kappa shape index (κ1) is 16.4. The number of anilines is 1. The third kappa shape index (κ3) is 5.56. The molecule has 0 heterocycles. The topological polar surface area (TPSA) is 87.7 Å². The quantitative estimate of drug-likeness (QED) is 0.533. The van der Waals surface area contributed by atoms with Crippen LogP contribution < -0.4 is 10.6 Å². The third-order valence-corrected chi connectivity index (χ3v) is 2.66. The van der Waals surface area contributed by atoms with Gasteiger partial charge in [-0.1, -0.05) is 17.7 Å². The molecule has 0 aliphatic heterocycles. The van der Waals surface area contributed by atoms with Crippen LogP contribution in [0.1, 0.15) is 5.56 Å². The number of hydrogen-bond donors (Lipinski definition) is 3. The first-order valence-electron chi connectivity index (χ1n) is 6.08. The summed E-state index contributed by atoms with van der Waals surface area (Å²) in [5.74, 6) is -1.52. The van der Waals surface area contributed by atoms with Crippen molar-refractivity contribution in [3.63, 3.8) is 0 Å². The molecule has 0 aliphatic carbocycles. The molecule has 0 radical (unpaired) electrons. The molecule has 0 saturated heterocycles. The Kier molecular flexibility index (Phi) is 7.00. The van der Waals surface area contributed by atoms with E-state index in [2.05, 4.69) is 10.6 Å². The van der Waals surface area contributed by atoms with E-state index in [1.807, 2.05) is 0 Å². The molecule has 6 nitrogen and oxygen atoms in total. The van der Waals surface area contributed by atoms with Gasteiger partial charge < -0.3 is 20.5 Å². The Morgan fingerprint density at radius 3 is 2.75 bits per heavy atom. The Morgan fingerprint density at radius 1 is 1.30 bits per heavy atom. The maximum Gasteiger partial charge on any atom is 0.313 e. The summed E-state index contributed by atoms with van der Waals surface area (Å²) in [5.41, 5.74) is 1.30. The fourth-order valence-corrected chi connectivity index (χ4v) is 1.56. The number of benzene rings is 1. The van der Waals surface area contributed by atoms with Gasteiger partial charge in [0, 0.05) is 17.3 Å². The Bertz CT molecular complexity index is 479. The lowest BCUT2D eigenvalue weighted by Crippen LogP contribution is -2.37. The smallest absolute Gasteiger partial charge is 0.313 e. The Morgan fingerprint density at radius 2 is 2.05 bits per heavy atom. The second kappa shape index (κ2) is 8.52. The van der Waals surface area contributed by atoms with Gasteiger partial charge in [-0.25, -0.2) is 0 Å². The van der Waals surface area contributed by atoms with Gasteiger partial charge in [0.05, 0.1) is 19.8 Å². The molecule has 0 aliphatic rings. The molecule has 0 spiro atoms. The number of rotatable bonds is 6. The minimum absolute atomic E-state index is 0.0809. The maximum atomic E-state index is 11.6. The summed E-state index contributed by atoms with van der Waals surface area (Å²) in [6, 6.07) is 5.02. The van der Waals surface area contributed by atoms with Gasteiger partial charge in [-0.2, -0.15) is 0 Å². The second-order valence-corrected chi connectivity index (χ2v) is 4.44. The van der Waals surface area contributed by atoms with Crippen LogP contribution in [-0.2, 0) is 14.3 Å². The number of carbonyl (C=O) groups is 2. The molecule has 2 amide bonds. The van der Waals surface area contributed by atoms with E-state index in [0.717, 1.165) is 5.56 Å². The van der Waals surface area contributed by atoms with Crippen molar-refractivity contribution in [2.75, 3.05) is 31.7 Å². The normalized spacial score (nSPS) is 10.2. The maximum absolute atomic E-state index is 11.6. The molecule has 20 heavy (non-hydrogen) atoms. The minimum Gasteiger partial charge on any atom is -0.394 e. The molecule has 0 saturated carbocycles. The molecule has 7 heteroatoms. The van der Waals surface area contributed by atoms with Crippen molar-refractivity contribution in [2.45, 2.75) is 6.92 Å². The van der Waals surface area contributed by atoms with E-state index in [1.165, 1.54) is 0 Å². The van der Waals surface area contributed by atoms with Gasteiger partial charge in [0.25, 0.3) is 0 Å². The van der Waals surface area contributed by atoms with Gasteiger partial charge in [0.1, 0.15) is 0 Å². The summed E-state index contributed by atoms with van der Waals surface area (Å²) in [5, 5.41) is 13.9. The van der Waals surface area contributed by atoms with Gasteiger partial charge in [0.2, 0.25) is 0 Å². The number of carbonyl (C=O) groups excluding carboxylic acids is 2. The van der Waals surface area contributed by atoms with Crippen molar-refractivity contribution in [1.82, 2.24) is 5.32 Å². The zero-order chi connectivity index (χ0) is 15.0. The predicted molar refractivity (Wildman–Crippen MR) is 75.7 cm³/mol. The van der Waals surface area contributed by atoms with Crippen LogP contribution in [0, 0.1) is 6.92 Å². The molecule has 1 rings (SSSR count). The second-order valence-electron chi connectivity index (χ2n) is 4.01. The number of aliphatic hydroxyl groups is 1. The first-order chi connectivity index (χ1) is 9.54. The van der Waals surface area contributed by atoms with Crippen LogP contribution >= 0.6 is 11.6 Å². The highest BCUT2D eigenvalue weighted by molar-refractivity contribution is 6.40. The zero-order valence-electron chi connectivity index (χ0n) is 11.1. The monoisotopic (exact) mass is 300 g/mol. The zero-order valence-corrected chi connectivity index (χ0v) is 11.9. The van der Waals surface area contributed by atoms with E-state index in [4.69, 9.17) is 21.4 Å². The Labute approximate surface area is 122 Å². The number of aryl methyl sites for hydroxylation is 1. The van der Waals surface area contributed by atoms with Crippen molar-refractivity contribution in [1.29, 1.82) is 0 Å². The highest BCUT2D eigenvalue weighted by atomic mass is 35.5. The average molecular weight is 301 g/mol. The molecular formula is C13H17ClN2O4. The molecule has 0 bridgehead atoms. The lowest BCUT2D eigenvalue weighted by atomic mass is 10.2. The summed E-state index contributed by atoms with van der Waals surface area (Å²) in [4.78, 5) is 23.2. The first-order valence-corrected chi connectivity index (χ1v) is 6.46. The van der Waals surface area contributed by atoms with Crippen LogP contribution in [0.4, 0.5) is 5.69 Å². The van der Waals surface area contributed by atoms with Gasteiger partial charge in [0.15, 0.2) is 0 Å². The standard InChI is InChI=1S/C13H17ClN2O4/c1-9-2-3-10(14)8-11(9)16-13(19)12(18)15-4-6-20-7-5-17/h2-3,8,17H,4-7H2,1H3,(H,15,18)(H,16,19). The predicted octanol–water partition coefficient (Wildman–Crippen LogP) is 0.712. The SMILES string of the molecule is Cc1ccc(Cl)cc1NC(=O)C(=O)NCCOCCO. The van der Waals surface area contributed by atoms with Crippen LogP contribution in [0.3, 0.4) is 0 Å². The molecule has 3 N–H and O–H groups in total. The molecule has 0 aromatic heterocycles. The van der Waals surface area contributed by atoms with Crippen molar-refractivity contribution in [2.24, 2.45) is 0 Å². The van der Waals surface area contributed by atoms with Crippen LogP contribution in [0.2, 0.25) is 5.02 Å². The molecule has 1 aromatic carbocycles. The van der Waals surface area contributed by atoms with Crippen LogP contribution in [0.5, 0.6) is 0 Å². The average Bonchev–Trinajstić information content (AvgIpc) is 2.42. The van der Waals surface area contributed by atoms with E-state index in [1.54, 1.807) is 25.1 Å². The number of amides is 2. The van der Waals surface area contributed by atoms with Gasteiger partial charge in [-0.3, -0.25) is 9.59 Å². The van der Waals surface area contributed by atoms with Crippen molar-refractivity contribution >= 4 is 29.1 Å². The number of halogens is 1. The molecular weight excluding hydrogens is 284 g/mol. The molecule has 0 fully saturated rings. The summed E-state index contributed by atoms with van der Waals surface area (Å²) in [7, 11) is 0. The largest absolute Gasteiger partial charge is 0.394 e. The van der Waals surface area contributed by atoms with Crippen molar-refractivity contribution < 1.29 is 19.4 Å². The summed E-state index contributed by atoms with van der Waals surface area (Å²) >= 11 is 5.82. The summed E-state index contributed by atoms with van der Waals surface area (Å²) in [6.07, 6.45) is 0. The Hall–Kier alpha value is -1.63. The molecule has 110 valence electrons. The third-order valence-electron chi connectivity index (χ3n) is 2.42. The van der Waals surface area contributed by atoms with Crippen molar-refractivity contribution in [3.05, 3.63) is 28.8 Å². The highest BCUT2D eigenvalue weighted by Gasteiger charge is 2.14. The summed E-state index contributed by atoms with van der Waals surface area (Å²) < 4.78 is 4.95. The van der Waals surface area contributed by atoms with E-state index >= 15 is 0 Å². The molecule has 0 atom stereocenters. The number of nitrogens with one attached hydrogen (secondary N) is 2. The fourth-order valence-electron chi connectivity index (χ4n) is 1.39. The van der Waals surface area contributed by atoms with Crippen LogP contribution in [0.15, 0.2) is 18.2 Å². The van der Waals surface area contributed by atoms with Gasteiger partial charge in [-0.05, 0) is 24.6 Å².